The third-order valence-corrected chi connectivity index (χ3v) is 5.87. The first-order valence-corrected chi connectivity index (χ1v) is 11.2. The lowest BCUT2D eigenvalue weighted by atomic mass is 10.0. The highest BCUT2D eigenvalue weighted by Gasteiger charge is 2.17. The molecule has 0 aliphatic carbocycles. The van der Waals surface area contributed by atoms with Crippen LogP contribution in [0.3, 0.4) is 0 Å². The van der Waals surface area contributed by atoms with E-state index in [0.717, 1.165) is 34.0 Å². The average Bonchev–Trinajstić information content (AvgIpc) is 3.08. The van der Waals surface area contributed by atoms with Gasteiger partial charge in [0.2, 0.25) is 5.91 Å². The summed E-state index contributed by atoms with van der Waals surface area (Å²) in [4.78, 5) is 12.2. The molecule has 2 N–H and O–H groups in total. The molecule has 0 aliphatic heterocycles. The van der Waals surface area contributed by atoms with Crippen molar-refractivity contribution in [2.75, 3.05) is 6.61 Å². The van der Waals surface area contributed by atoms with Gasteiger partial charge in [0.05, 0.1) is 12.1 Å². The van der Waals surface area contributed by atoms with Gasteiger partial charge in [0.1, 0.15) is 5.75 Å². The molecule has 1 aromatic heterocycles. The number of ether oxygens (including phenoxy) is 1. The monoisotopic (exact) mass is 414 g/mol. The third-order valence-electron chi connectivity index (χ3n) is 5.87. The molecule has 3 aromatic carbocycles. The molecule has 0 saturated heterocycles. The second-order valence-electron chi connectivity index (χ2n) is 8.04. The van der Waals surface area contributed by atoms with Gasteiger partial charge in [-0.25, -0.2) is 0 Å². The Morgan fingerprint density at radius 2 is 1.71 bits per heavy atom. The number of nitrogens with two attached hydrogens (primary N) is 1. The van der Waals surface area contributed by atoms with Crippen LogP contribution in [0.5, 0.6) is 5.75 Å². The highest BCUT2D eigenvalue weighted by atomic mass is 16.5. The number of carbonyl (C=O) groups is 1. The quantitative estimate of drug-likeness (QED) is 0.338. The Kier molecular flexibility index (Phi) is 6.26. The molecule has 0 fully saturated rings. The van der Waals surface area contributed by atoms with Crippen LogP contribution in [0.2, 0.25) is 0 Å². The van der Waals surface area contributed by atoms with Crippen molar-refractivity contribution in [3.63, 3.8) is 0 Å². The minimum atomic E-state index is -0.391. The van der Waals surface area contributed by atoms with Gasteiger partial charge < -0.3 is 15.0 Å². The zero-order valence-electron chi connectivity index (χ0n) is 18.4. The molecule has 4 rings (SSSR count). The molecule has 4 heteroatoms. The summed E-state index contributed by atoms with van der Waals surface area (Å²) in [5, 5.41) is 2.02. The second kappa shape index (κ2) is 9.25. The standard InChI is InChI=1S/C27H30N2O2/c1-3-5-6-8-19-13-16-22-25(17-19)29(18-20-11-14-21(15-12-20)31-4-2)24-10-7-9-23(26(22)24)27(28)30/h7,9-17H,3-6,8,18H2,1-2H3,(H2,28,30). The predicted octanol–water partition coefficient (Wildman–Crippen LogP) is 6.07. The minimum Gasteiger partial charge on any atom is -0.494 e. The van der Waals surface area contributed by atoms with Gasteiger partial charge in [-0.05, 0) is 61.2 Å². The number of unbranched alkanes of at least 4 members (excludes halogenated alkanes) is 2. The van der Waals surface area contributed by atoms with Gasteiger partial charge in [-0.1, -0.05) is 50.1 Å². The Labute approximate surface area is 183 Å². The van der Waals surface area contributed by atoms with E-state index < -0.39 is 5.91 Å². The number of benzene rings is 3. The lowest BCUT2D eigenvalue weighted by Gasteiger charge is -2.10. The normalized spacial score (nSPS) is 11.3. The summed E-state index contributed by atoms with van der Waals surface area (Å²) in [5.41, 5.74) is 11.0. The van der Waals surface area contributed by atoms with Crippen LogP contribution in [0.4, 0.5) is 0 Å². The maximum absolute atomic E-state index is 12.2. The zero-order chi connectivity index (χ0) is 21.8. The molecule has 0 bridgehead atoms. The van der Waals surface area contributed by atoms with E-state index in [1.54, 1.807) is 0 Å². The molecule has 0 atom stereocenters. The molecular formula is C27H30N2O2. The number of nitrogens with zero attached hydrogens (tertiary/aromatic N) is 1. The van der Waals surface area contributed by atoms with E-state index in [0.29, 0.717) is 18.7 Å². The molecule has 0 unspecified atom stereocenters. The Morgan fingerprint density at radius 3 is 2.42 bits per heavy atom. The highest BCUT2D eigenvalue weighted by molar-refractivity contribution is 6.18. The minimum absolute atomic E-state index is 0.391. The lowest BCUT2D eigenvalue weighted by Crippen LogP contribution is -2.11. The van der Waals surface area contributed by atoms with Crippen LogP contribution in [-0.2, 0) is 13.0 Å². The topological polar surface area (TPSA) is 57.2 Å². The SMILES string of the molecule is CCCCCc1ccc2c3c(C(N)=O)cccc3n(Cc3ccc(OCC)cc3)c2c1. The molecule has 1 heterocycles. The maximum Gasteiger partial charge on any atom is 0.249 e. The van der Waals surface area contributed by atoms with Crippen molar-refractivity contribution in [3.05, 3.63) is 77.4 Å². The zero-order valence-corrected chi connectivity index (χ0v) is 18.4. The molecule has 4 nitrogen and oxygen atoms in total. The van der Waals surface area contributed by atoms with Crippen LogP contribution in [0.25, 0.3) is 21.8 Å². The highest BCUT2D eigenvalue weighted by Crippen LogP contribution is 2.33. The van der Waals surface area contributed by atoms with Crippen molar-refractivity contribution in [3.8, 4) is 5.75 Å². The van der Waals surface area contributed by atoms with E-state index in [2.05, 4.69) is 47.9 Å². The first-order valence-electron chi connectivity index (χ1n) is 11.2. The molecule has 31 heavy (non-hydrogen) atoms. The predicted molar refractivity (Wildman–Crippen MR) is 128 cm³/mol. The summed E-state index contributed by atoms with van der Waals surface area (Å²) in [6.45, 7) is 5.58. The summed E-state index contributed by atoms with van der Waals surface area (Å²) < 4.78 is 7.88. The lowest BCUT2D eigenvalue weighted by molar-refractivity contribution is 0.100. The fourth-order valence-electron chi connectivity index (χ4n) is 4.34. The summed E-state index contributed by atoms with van der Waals surface area (Å²) in [6.07, 6.45) is 4.70. The first kappa shape index (κ1) is 21.0. The Balaban J connectivity index is 1.84. The first-order chi connectivity index (χ1) is 15.1. The molecule has 4 aromatic rings. The van der Waals surface area contributed by atoms with Crippen molar-refractivity contribution in [2.45, 2.75) is 46.1 Å². The van der Waals surface area contributed by atoms with Crippen LogP contribution in [-0.4, -0.2) is 17.1 Å². The van der Waals surface area contributed by atoms with Gasteiger partial charge in [-0.15, -0.1) is 0 Å². The van der Waals surface area contributed by atoms with E-state index in [4.69, 9.17) is 10.5 Å². The number of fused-ring (bicyclic) bond motifs is 3. The number of hydrogen-bond acceptors (Lipinski definition) is 2. The smallest absolute Gasteiger partial charge is 0.249 e. The number of amides is 1. The summed E-state index contributed by atoms with van der Waals surface area (Å²) in [5.74, 6) is 0.487. The van der Waals surface area contributed by atoms with Gasteiger partial charge in [-0.2, -0.15) is 0 Å². The van der Waals surface area contributed by atoms with Crippen LogP contribution in [0.1, 0.15) is 54.6 Å². The second-order valence-corrected chi connectivity index (χ2v) is 8.04. The fraction of sp³-hybridized carbons (Fsp3) is 0.296. The van der Waals surface area contributed by atoms with Gasteiger partial charge >= 0.3 is 0 Å². The van der Waals surface area contributed by atoms with Crippen LogP contribution in [0, 0.1) is 0 Å². The van der Waals surface area contributed by atoms with Crippen LogP contribution in [0.15, 0.2) is 60.7 Å². The van der Waals surface area contributed by atoms with Crippen molar-refractivity contribution in [2.24, 2.45) is 5.73 Å². The van der Waals surface area contributed by atoms with Gasteiger partial charge in [-0.3, -0.25) is 4.79 Å². The summed E-state index contributed by atoms with van der Waals surface area (Å²) in [6, 6.07) is 20.7. The van der Waals surface area contributed by atoms with Crippen molar-refractivity contribution in [1.29, 1.82) is 0 Å². The van der Waals surface area contributed by atoms with Crippen molar-refractivity contribution >= 4 is 27.7 Å². The average molecular weight is 415 g/mol. The van der Waals surface area contributed by atoms with Gasteiger partial charge in [0, 0.05) is 28.4 Å². The summed E-state index contributed by atoms with van der Waals surface area (Å²) >= 11 is 0. The van der Waals surface area contributed by atoms with E-state index in [1.165, 1.54) is 30.4 Å². The van der Waals surface area contributed by atoms with Gasteiger partial charge in [0.25, 0.3) is 0 Å². The molecule has 160 valence electrons. The number of aromatic nitrogens is 1. The molecule has 0 saturated carbocycles. The van der Waals surface area contributed by atoms with E-state index in [1.807, 2.05) is 31.2 Å². The van der Waals surface area contributed by atoms with Crippen molar-refractivity contribution in [1.82, 2.24) is 4.57 Å². The van der Waals surface area contributed by atoms with Crippen LogP contribution >= 0.6 is 0 Å². The third kappa shape index (κ3) is 4.29. The molecule has 1 amide bonds. The Bertz CT molecular complexity index is 1210. The number of hydrogen-bond donors (Lipinski definition) is 1. The fourth-order valence-corrected chi connectivity index (χ4v) is 4.34. The number of aryl methyl sites for hydroxylation is 1. The van der Waals surface area contributed by atoms with Crippen LogP contribution < -0.4 is 10.5 Å². The van der Waals surface area contributed by atoms with E-state index >= 15 is 0 Å². The number of carbonyl (C=O) groups excluding carboxylic acids is 1. The molecule has 0 aliphatic rings. The Hall–Kier alpha value is -3.27. The Morgan fingerprint density at radius 1 is 0.935 bits per heavy atom. The largest absolute Gasteiger partial charge is 0.494 e. The molecule has 0 spiro atoms. The molecular weight excluding hydrogens is 384 g/mol. The van der Waals surface area contributed by atoms with E-state index in [-0.39, 0.29) is 0 Å². The molecule has 0 radical (unpaired) electrons. The van der Waals surface area contributed by atoms with E-state index in [9.17, 15) is 4.79 Å². The summed E-state index contributed by atoms with van der Waals surface area (Å²) in [7, 11) is 0. The number of primary amides is 1. The maximum atomic E-state index is 12.2. The van der Waals surface area contributed by atoms with Crippen molar-refractivity contribution < 1.29 is 9.53 Å². The van der Waals surface area contributed by atoms with Gasteiger partial charge in [0.15, 0.2) is 0 Å². The number of rotatable bonds is 9.